The minimum absolute atomic E-state index is 0.249. The van der Waals surface area contributed by atoms with Crippen molar-refractivity contribution in [1.82, 2.24) is 0 Å². The predicted octanol–water partition coefficient (Wildman–Crippen LogP) is 4.16. The van der Waals surface area contributed by atoms with Gasteiger partial charge in [-0.05, 0) is 40.6 Å². The lowest BCUT2D eigenvalue weighted by Gasteiger charge is -2.12. The Morgan fingerprint density at radius 1 is 0.962 bits per heavy atom. The van der Waals surface area contributed by atoms with Crippen LogP contribution in [-0.2, 0) is 16.1 Å². The van der Waals surface area contributed by atoms with Crippen molar-refractivity contribution < 1.29 is 19.1 Å². The number of hydrogen-bond donors (Lipinski definition) is 1. The molecule has 0 fully saturated rings. The zero-order valence-electron chi connectivity index (χ0n) is 14.6. The summed E-state index contributed by atoms with van der Waals surface area (Å²) >= 11 is 0. The third-order valence-corrected chi connectivity index (χ3v) is 3.93. The number of nitrogens with one attached hydrogen (secondary N) is 1. The average molecular weight is 349 g/mol. The predicted molar refractivity (Wildman–Crippen MR) is 100 cm³/mol. The molecular weight excluding hydrogens is 330 g/mol. The van der Waals surface area contributed by atoms with E-state index in [0.29, 0.717) is 18.0 Å². The van der Waals surface area contributed by atoms with Gasteiger partial charge in [0.1, 0.15) is 12.4 Å². The van der Waals surface area contributed by atoms with E-state index in [1.807, 2.05) is 24.3 Å². The summed E-state index contributed by atoms with van der Waals surface area (Å²) < 4.78 is 10.6. The maximum atomic E-state index is 12.0. The number of hydrogen-bond acceptors (Lipinski definition) is 4. The lowest BCUT2D eigenvalue weighted by molar-refractivity contribution is -0.114. The zero-order chi connectivity index (χ0) is 18.5. The van der Waals surface area contributed by atoms with Crippen LogP contribution in [-0.4, -0.2) is 19.0 Å². The van der Waals surface area contributed by atoms with E-state index in [1.54, 1.807) is 18.2 Å². The second-order valence-corrected chi connectivity index (χ2v) is 5.85. The van der Waals surface area contributed by atoms with Crippen molar-refractivity contribution in [3.63, 3.8) is 0 Å². The molecule has 0 atom stereocenters. The van der Waals surface area contributed by atoms with Gasteiger partial charge in [-0.25, -0.2) is 4.79 Å². The Labute approximate surface area is 151 Å². The van der Waals surface area contributed by atoms with E-state index in [4.69, 9.17) is 9.47 Å². The first-order valence-corrected chi connectivity index (χ1v) is 8.17. The maximum Gasteiger partial charge on any atom is 0.340 e. The van der Waals surface area contributed by atoms with Crippen molar-refractivity contribution >= 4 is 28.3 Å². The molecule has 132 valence electrons. The summed E-state index contributed by atoms with van der Waals surface area (Å²) in [6.07, 6.45) is 0. The van der Waals surface area contributed by atoms with Crippen LogP contribution in [0.25, 0.3) is 10.8 Å². The van der Waals surface area contributed by atoms with Crippen LogP contribution >= 0.6 is 0 Å². The highest BCUT2D eigenvalue weighted by Crippen LogP contribution is 2.24. The summed E-state index contributed by atoms with van der Waals surface area (Å²) in [4.78, 5) is 23.2. The molecule has 0 aliphatic rings. The molecule has 1 amide bonds. The molecule has 0 saturated heterocycles. The summed E-state index contributed by atoms with van der Waals surface area (Å²) in [6, 6.07) is 19.1. The monoisotopic (exact) mass is 349 g/mol. The van der Waals surface area contributed by atoms with E-state index >= 15 is 0 Å². The number of fused-ring (bicyclic) bond motifs is 1. The molecule has 0 saturated carbocycles. The first-order valence-electron chi connectivity index (χ1n) is 8.17. The lowest BCUT2D eigenvalue weighted by atomic mass is 10.1. The van der Waals surface area contributed by atoms with Gasteiger partial charge in [-0.2, -0.15) is 0 Å². The maximum absolute atomic E-state index is 12.0. The number of carbonyl (C=O) groups excluding carboxylic acids is 2. The number of ether oxygens (including phenoxy) is 2. The van der Waals surface area contributed by atoms with Crippen LogP contribution in [0, 0.1) is 0 Å². The van der Waals surface area contributed by atoms with Gasteiger partial charge in [-0.1, -0.05) is 36.4 Å². The largest absolute Gasteiger partial charge is 0.489 e. The summed E-state index contributed by atoms with van der Waals surface area (Å²) in [7, 11) is 1.29. The lowest BCUT2D eigenvalue weighted by Crippen LogP contribution is -2.12. The minimum Gasteiger partial charge on any atom is -0.489 e. The molecule has 0 heterocycles. The molecule has 3 aromatic rings. The van der Waals surface area contributed by atoms with Crippen LogP contribution in [0.2, 0.25) is 0 Å². The van der Waals surface area contributed by atoms with Gasteiger partial charge in [0.15, 0.2) is 0 Å². The third-order valence-electron chi connectivity index (χ3n) is 3.93. The molecule has 0 aliphatic heterocycles. The minimum atomic E-state index is -0.537. The highest BCUT2D eigenvalue weighted by atomic mass is 16.5. The van der Waals surface area contributed by atoms with Crippen molar-refractivity contribution in [2.75, 3.05) is 12.4 Å². The van der Waals surface area contributed by atoms with Gasteiger partial charge in [0, 0.05) is 6.92 Å². The van der Waals surface area contributed by atoms with Gasteiger partial charge < -0.3 is 14.8 Å². The van der Waals surface area contributed by atoms with Crippen molar-refractivity contribution in [2.45, 2.75) is 13.5 Å². The van der Waals surface area contributed by atoms with Crippen molar-refractivity contribution in [1.29, 1.82) is 0 Å². The molecule has 5 nitrogen and oxygen atoms in total. The molecule has 3 aromatic carbocycles. The van der Waals surface area contributed by atoms with E-state index in [-0.39, 0.29) is 11.5 Å². The van der Waals surface area contributed by atoms with E-state index in [1.165, 1.54) is 19.4 Å². The molecule has 3 rings (SSSR count). The number of esters is 1. The molecule has 1 N–H and O–H groups in total. The quantitative estimate of drug-likeness (QED) is 0.702. The van der Waals surface area contributed by atoms with Gasteiger partial charge in [0.25, 0.3) is 0 Å². The summed E-state index contributed by atoms with van der Waals surface area (Å²) in [5.74, 6) is -0.280. The Morgan fingerprint density at radius 2 is 1.73 bits per heavy atom. The molecule has 0 spiro atoms. The number of methoxy groups -OCH3 is 1. The fourth-order valence-electron chi connectivity index (χ4n) is 2.69. The Hall–Kier alpha value is -3.34. The SMILES string of the molecule is COC(=O)c1cc(OCc2ccc3ccccc3c2)ccc1NC(C)=O. The molecule has 0 bridgehead atoms. The Kier molecular flexibility index (Phi) is 5.17. The number of amides is 1. The summed E-state index contributed by atoms with van der Waals surface area (Å²) in [5.41, 5.74) is 1.66. The molecule has 5 heteroatoms. The Morgan fingerprint density at radius 3 is 2.46 bits per heavy atom. The highest BCUT2D eigenvalue weighted by Gasteiger charge is 2.14. The van der Waals surface area contributed by atoms with E-state index in [2.05, 4.69) is 23.5 Å². The number of rotatable bonds is 5. The third kappa shape index (κ3) is 4.00. The van der Waals surface area contributed by atoms with Crippen LogP contribution in [0.15, 0.2) is 60.7 Å². The second kappa shape index (κ2) is 7.70. The van der Waals surface area contributed by atoms with Gasteiger partial charge in [-0.15, -0.1) is 0 Å². The first-order chi connectivity index (χ1) is 12.6. The van der Waals surface area contributed by atoms with E-state index in [0.717, 1.165) is 10.9 Å². The molecular formula is C21H19NO4. The average Bonchev–Trinajstić information content (AvgIpc) is 2.66. The van der Waals surface area contributed by atoms with E-state index < -0.39 is 5.97 Å². The standard InChI is InChI=1S/C21H19NO4/c1-14(23)22-20-10-9-18(12-19(20)21(24)25-2)26-13-15-7-8-16-5-3-4-6-17(16)11-15/h3-12H,13H2,1-2H3,(H,22,23). The van der Waals surface area contributed by atoms with Gasteiger partial charge in [0.2, 0.25) is 5.91 Å². The van der Waals surface area contributed by atoms with Crippen molar-refractivity contribution in [2.24, 2.45) is 0 Å². The fraction of sp³-hybridized carbons (Fsp3) is 0.143. The number of benzene rings is 3. The summed E-state index contributed by atoms with van der Waals surface area (Å²) in [6.45, 7) is 1.75. The fourth-order valence-corrected chi connectivity index (χ4v) is 2.69. The molecule has 0 aromatic heterocycles. The van der Waals surface area contributed by atoms with Crippen LogP contribution < -0.4 is 10.1 Å². The Balaban J connectivity index is 1.80. The highest BCUT2D eigenvalue weighted by molar-refractivity contribution is 6.01. The van der Waals surface area contributed by atoms with Crippen LogP contribution in [0.5, 0.6) is 5.75 Å². The Bertz CT molecular complexity index is 965. The van der Waals surface area contributed by atoms with Gasteiger partial charge in [-0.3, -0.25) is 4.79 Å². The topological polar surface area (TPSA) is 64.6 Å². The smallest absolute Gasteiger partial charge is 0.340 e. The summed E-state index contributed by atoms with van der Waals surface area (Å²) in [5, 5.41) is 4.93. The van der Waals surface area contributed by atoms with Crippen molar-refractivity contribution in [3.05, 3.63) is 71.8 Å². The van der Waals surface area contributed by atoms with E-state index in [9.17, 15) is 9.59 Å². The van der Waals surface area contributed by atoms with Gasteiger partial charge >= 0.3 is 5.97 Å². The van der Waals surface area contributed by atoms with Crippen LogP contribution in [0.1, 0.15) is 22.8 Å². The number of carbonyl (C=O) groups is 2. The van der Waals surface area contributed by atoms with Gasteiger partial charge in [0.05, 0.1) is 18.4 Å². The van der Waals surface area contributed by atoms with Crippen molar-refractivity contribution in [3.8, 4) is 5.75 Å². The normalized spacial score (nSPS) is 10.4. The zero-order valence-corrected chi connectivity index (χ0v) is 14.6. The van der Waals surface area contributed by atoms with Crippen LogP contribution in [0.3, 0.4) is 0 Å². The van der Waals surface area contributed by atoms with Crippen LogP contribution in [0.4, 0.5) is 5.69 Å². The molecule has 0 radical (unpaired) electrons. The number of anilines is 1. The molecule has 26 heavy (non-hydrogen) atoms. The first kappa shape index (κ1) is 17.5. The molecule has 0 unspecified atom stereocenters. The second-order valence-electron chi connectivity index (χ2n) is 5.85. The molecule has 0 aliphatic carbocycles.